The summed E-state index contributed by atoms with van der Waals surface area (Å²) in [6.07, 6.45) is 0. The van der Waals surface area contributed by atoms with E-state index in [1.807, 2.05) is 6.92 Å². The van der Waals surface area contributed by atoms with Crippen LogP contribution in [-0.2, 0) is 0 Å². The summed E-state index contributed by atoms with van der Waals surface area (Å²) in [6.45, 7) is 4.12. The summed E-state index contributed by atoms with van der Waals surface area (Å²) in [5.74, 6) is 0. The second-order valence-electron chi connectivity index (χ2n) is 4.28. The minimum absolute atomic E-state index is 0.0877. The fraction of sp³-hybridized carbons (Fsp3) is 0.200. The Morgan fingerprint density at radius 3 is 2.19 bits per heavy atom. The summed E-state index contributed by atoms with van der Waals surface area (Å²) in [7, 11) is 0. The molecular weight excluding hydrogens is 194 g/mol. The van der Waals surface area contributed by atoms with Crippen LogP contribution in [0.25, 0.3) is 11.1 Å². The predicted octanol–water partition coefficient (Wildman–Crippen LogP) is 3.68. The van der Waals surface area contributed by atoms with E-state index in [0.29, 0.717) is 0 Å². The van der Waals surface area contributed by atoms with Crippen LogP contribution in [0.4, 0.5) is 0 Å². The van der Waals surface area contributed by atoms with Crippen molar-refractivity contribution < 1.29 is 0 Å². The van der Waals surface area contributed by atoms with Gasteiger partial charge in [0.2, 0.25) is 0 Å². The first kappa shape index (κ1) is 10.9. The Morgan fingerprint density at radius 1 is 0.938 bits per heavy atom. The fourth-order valence-electron chi connectivity index (χ4n) is 1.83. The van der Waals surface area contributed by atoms with Crippen LogP contribution in [0.3, 0.4) is 0 Å². The molecule has 2 aromatic rings. The van der Waals surface area contributed by atoms with Crippen LogP contribution in [0.5, 0.6) is 0 Å². The van der Waals surface area contributed by atoms with E-state index in [1.165, 1.54) is 22.3 Å². The zero-order valence-electron chi connectivity index (χ0n) is 9.77. The van der Waals surface area contributed by atoms with Gasteiger partial charge in [0, 0.05) is 6.04 Å². The second kappa shape index (κ2) is 4.50. The van der Waals surface area contributed by atoms with Gasteiger partial charge in [-0.1, -0.05) is 48.0 Å². The maximum Gasteiger partial charge on any atom is 0.0266 e. The zero-order valence-corrected chi connectivity index (χ0v) is 9.77. The predicted molar refractivity (Wildman–Crippen MR) is 69.2 cm³/mol. The van der Waals surface area contributed by atoms with Crippen molar-refractivity contribution in [3.8, 4) is 11.1 Å². The number of hydrogen-bond acceptors (Lipinski definition) is 1. The lowest BCUT2D eigenvalue weighted by atomic mass is 9.99. The number of hydrogen-bond donors (Lipinski definition) is 1. The minimum Gasteiger partial charge on any atom is -0.324 e. The van der Waals surface area contributed by atoms with E-state index in [9.17, 15) is 0 Å². The molecule has 2 aromatic carbocycles. The average Bonchev–Trinajstić information content (AvgIpc) is 2.29. The van der Waals surface area contributed by atoms with E-state index in [0.717, 1.165) is 0 Å². The highest BCUT2D eigenvalue weighted by atomic mass is 14.6. The zero-order chi connectivity index (χ0) is 11.5. The summed E-state index contributed by atoms with van der Waals surface area (Å²) in [6, 6.07) is 17.0. The summed E-state index contributed by atoms with van der Waals surface area (Å²) in [5, 5.41) is 0. The Balaban J connectivity index is 2.44. The Labute approximate surface area is 96.9 Å². The summed E-state index contributed by atoms with van der Waals surface area (Å²) >= 11 is 0. The van der Waals surface area contributed by atoms with Gasteiger partial charge in [-0.3, -0.25) is 0 Å². The molecule has 0 radical (unpaired) electrons. The van der Waals surface area contributed by atoms with Crippen molar-refractivity contribution in [3.63, 3.8) is 0 Å². The molecule has 0 aliphatic rings. The molecule has 0 spiro atoms. The molecule has 1 atom stereocenters. The molecule has 1 nitrogen and oxygen atoms in total. The molecule has 0 bridgehead atoms. The van der Waals surface area contributed by atoms with Crippen LogP contribution in [-0.4, -0.2) is 0 Å². The molecule has 82 valence electrons. The van der Waals surface area contributed by atoms with Gasteiger partial charge in [-0.25, -0.2) is 0 Å². The minimum atomic E-state index is 0.0877. The van der Waals surface area contributed by atoms with Crippen molar-refractivity contribution in [1.29, 1.82) is 0 Å². The molecule has 0 aliphatic carbocycles. The van der Waals surface area contributed by atoms with Crippen LogP contribution in [0, 0.1) is 6.92 Å². The van der Waals surface area contributed by atoms with Gasteiger partial charge in [-0.2, -0.15) is 0 Å². The van der Waals surface area contributed by atoms with Crippen molar-refractivity contribution in [2.45, 2.75) is 19.9 Å². The Morgan fingerprint density at radius 2 is 1.56 bits per heavy atom. The quantitative estimate of drug-likeness (QED) is 0.805. The molecule has 2 rings (SSSR count). The second-order valence-corrected chi connectivity index (χ2v) is 4.28. The van der Waals surface area contributed by atoms with Gasteiger partial charge in [-0.15, -0.1) is 0 Å². The molecular formula is C15H17N. The van der Waals surface area contributed by atoms with Gasteiger partial charge < -0.3 is 5.73 Å². The first-order chi connectivity index (χ1) is 7.66. The average molecular weight is 211 g/mol. The van der Waals surface area contributed by atoms with Crippen molar-refractivity contribution in [1.82, 2.24) is 0 Å². The fourth-order valence-corrected chi connectivity index (χ4v) is 1.83. The standard InChI is InChI=1S/C15H17N/c1-11-5-3-7-14(9-11)15-8-4-6-13(10-15)12(2)16/h3-10,12H,16H2,1-2H3. The number of rotatable bonds is 2. The molecule has 1 unspecified atom stereocenters. The highest BCUT2D eigenvalue weighted by Crippen LogP contribution is 2.23. The molecule has 0 saturated carbocycles. The van der Waals surface area contributed by atoms with Gasteiger partial charge in [0.15, 0.2) is 0 Å². The topological polar surface area (TPSA) is 26.0 Å². The van der Waals surface area contributed by atoms with E-state index in [2.05, 4.69) is 55.5 Å². The highest BCUT2D eigenvalue weighted by Gasteiger charge is 2.02. The van der Waals surface area contributed by atoms with E-state index < -0.39 is 0 Å². The lowest BCUT2D eigenvalue weighted by Crippen LogP contribution is -2.04. The first-order valence-corrected chi connectivity index (χ1v) is 5.59. The van der Waals surface area contributed by atoms with Crippen molar-refractivity contribution in [2.24, 2.45) is 5.73 Å². The third kappa shape index (κ3) is 2.31. The lowest BCUT2D eigenvalue weighted by Gasteiger charge is -2.08. The summed E-state index contributed by atoms with van der Waals surface area (Å²) in [4.78, 5) is 0. The number of benzene rings is 2. The molecule has 2 N–H and O–H groups in total. The molecule has 0 aliphatic heterocycles. The Hall–Kier alpha value is -1.60. The Kier molecular flexibility index (Phi) is 3.07. The third-order valence-electron chi connectivity index (χ3n) is 2.76. The van der Waals surface area contributed by atoms with E-state index in [-0.39, 0.29) is 6.04 Å². The molecule has 0 saturated heterocycles. The van der Waals surface area contributed by atoms with E-state index >= 15 is 0 Å². The van der Waals surface area contributed by atoms with Gasteiger partial charge >= 0.3 is 0 Å². The summed E-state index contributed by atoms with van der Waals surface area (Å²) in [5.41, 5.74) is 10.8. The molecule has 16 heavy (non-hydrogen) atoms. The van der Waals surface area contributed by atoms with Gasteiger partial charge in [0.1, 0.15) is 0 Å². The van der Waals surface area contributed by atoms with E-state index in [1.54, 1.807) is 0 Å². The smallest absolute Gasteiger partial charge is 0.0266 e. The van der Waals surface area contributed by atoms with Crippen LogP contribution in [0.2, 0.25) is 0 Å². The summed E-state index contributed by atoms with van der Waals surface area (Å²) < 4.78 is 0. The lowest BCUT2D eigenvalue weighted by molar-refractivity contribution is 0.819. The van der Waals surface area contributed by atoms with Crippen LogP contribution in [0.1, 0.15) is 24.1 Å². The molecule has 0 aromatic heterocycles. The molecule has 0 heterocycles. The van der Waals surface area contributed by atoms with Gasteiger partial charge in [-0.05, 0) is 36.6 Å². The molecule has 1 heteroatoms. The maximum absolute atomic E-state index is 5.89. The van der Waals surface area contributed by atoms with Gasteiger partial charge in [0.05, 0.1) is 0 Å². The van der Waals surface area contributed by atoms with Crippen LogP contribution < -0.4 is 5.73 Å². The largest absolute Gasteiger partial charge is 0.324 e. The van der Waals surface area contributed by atoms with Crippen molar-refractivity contribution in [2.75, 3.05) is 0 Å². The SMILES string of the molecule is Cc1cccc(-c2cccc(C(C)N)c2)c1. The maximum atomic E-state index is 5.89. The van der Waals surface area contributed by atoms with Crippen LogP contribution in [0.15, 0.2) is 48.5 Å². The van der Waals surface area contributed by atoms with E-state index in [4.69, 9.17) is 5.73 Å². The number of aryl methyl sites for hydroxylation is 1. The highest BCUT2D eigenvalue weighted by molar-refractivity contribution is 5.65. The third-order valence-corrected chi connectivity index (χ3v) is 2.76. The monoisotopic (exact) mass is 211 g/mol. The Bertz CT molecular complexity index is 486. The van der Waals surface area contributed by atoms with Crippen LogP contribution >= 0.6 is 0 Å². The number of nitrogens with two attached hydrogens (primary N) is 1. The van der Waals surface area contributed by atoms with Crippen molar-refractivity contribution in [3.05, 3.63) is 59.7 Å². The van der Waals surface area contributed by atoms with Crippen molar-refractivity contribution >= 4 is 0 Å². The normalized spacial score (nSPS) is 12.4. The van der Waals surface area contributed by atoms with Gasteiger partial charge in [0.25, 0.3) is 0 Å². The molecule has 0 amide bonds. The molecule has 0 fully saturated rings. The first-order valence-electron chi connectivity index (χ1n) is 5.59.